The van der Waals surface area contributed by atoms with Crippen molar-refractivity contribution < 1.29 is 13.2 Å². The summed E-state index contributed by atoms with van der Waals surface area (Å²) in [5.41, 5.74) is 11.2. The molecule has 0 atom stereocenters. The van der Waals surface area contributed by atoms with Crippen LogP contribution in [0, 0.1) is 5.41 Å². The van der Waals surface area contributed by atoms with Gasteiger partial charge in [-0.1, -0.05) is 42.5 Å². The Bertz CT molecular complexity index is 1230. The molecule has 0 aliphatic rings. The Morgan fingerprint density at radius 3 is 2.29 bits per heavy atom. The van der Waals surface area contributed by atoms with Gasteiger partial charge < -0.3 is 11.1 Å². The molecule has 9 nitrogen and oxygen atoms in total. The van der Waals surface area contributed by atoms with Crippen LogP contribution >= 0.6 is 0 Å². The molecule has 160 valence electrons. The summed E-state index contributed by atoms with van der Waals surface area (Å²) >= 11 is 0. The molecule has 7 N–H and O–H groups in total. The average molecular weight is 439 g/mol. The molecule has 0 fully saturated rings. The standard InChI is InChI=1S/C21H22N6O3S/c1-27(26-17-6-4-5-15(13-17)20(22)23)21(28)25-16-11-9-14(10-12-16)18-7-2-3-8-19(18)31(24,29)30/h2-13,26H,1H3,(H3,22,23)(H,25,28)(H2,24,29,30). The first-order valence-electron chi connectivity index (χ1n) is 9.13. The van der Waals surface area contributed by atoms with Crippen molar-refractivity contribution in [2.45, 2.75) is 4.90 Å². The maximum absolute atomic E-state index is 12.5. The SMILES string of the molecule is CN(Nc1cccc(C(=N)N)c1)C(=O)Nc1ccc(-c2ccccc2S(N)(=O)=O)cc1. The second-order valence-corrected chi connectivity index (χ2v) is 8.24. The number of amidine groups is 1. The monoisotopic (exact) mass is 438 g/mol. The fourth-order valence-electron chi connectivity index (χ4n) is 2.89. The summed E-state index contributed by atoms with van der Waals surface area (Å²) in [5.74, 6) is -0.0696. The highest BCUT2D eigenvalue weighted by Gasteiger charge is 2.15. The number of urea groups is 1. The fourth-order valence-corrected chi connectivity index (χ4v) is 3.66. The number of rotatable bonds is 6. The number of anilines is 2. The predicted molar refractivity (Wildman–Crippen MR) is 121 cm³/mol. The average Bonchev–Trinajstić information content (AvgIpc) is 2.74. The molecule has 10 heteroatoms. The summed E-state index contributed by atoms with van der Waals surface area (Å²) < 4.78 is 23.6. The Morgan fingerprint density at radius 2 is 1.65 bits per heavy atom. The minimum Gasteiger partial charge on any atom is -0.384 e. The number of amides is 2. The number of hydrogen-bond donors (Lipinski definition) is 5. The van der Waals surface area contributed by atoms with Crippen molar-refractivity contribution in [1.29, 1.82) is 5.41 Å². The maximum atomic E-state index is 12.5. The molecule has 0 saturated carbocycles. The maximum Gasteiger partial charge on any atom is 0.340 e. The van der Waals surface area contributed by atoms with E-state index in [4.69, 9.17) is 16.3 Å². The third kappa shape index (κ3) is 5.38. The van der Waals surface area contributed by atoms with E-state index in [1.807, 2.05) is 0 Å². The molecule has 0 aliphatic carbocycles. The first kappa shape index (κ1) is 21.8. The number of primary sulfonamides is 1. The smallest absolute Gasteiger partial charge is 0.340 e. The summed E-state index contributed by atoms with van der Waals surface area (Å²) in [6.45, 7) is 0. The summed E-state index contributed by atoms with van der Waals surface area (Å²) in [6, 6.07) is 19.6. The number of nitrogens with one attached hydrogen (secondary N) is 3. The molecular weight excluding hydrogens is 416 g/mol. The molecule has 0 unspecified atom stereocenters. The second kappa shape index (κ2) is 8.86. The topological polar surface area (TPSA) is 154 Å². The van der Waals surface area contributed by atoms with E-state index < -0.39 is 16.1 Å². The second-order valence-electron chi connectivity index (χ2n) is 6.71. The van der Waals surface area contributed by atoms with Crippen LogP contribution in [0.2, 0.25) is 0 Å². The number of hydrogen-bond acceptors (Lipinski definition) is 5. The molecule has 0 aromatic heterocycles. The van der Waals surface area contributed by atoms with Crippen molar-refractivity contribution in [2.24, 2.45) is 10.9 Å². The van der Waals surface area contributed by atoms with Gasteiger partial charge in [-0.15, -0.1) is 0 Å². The Kier molecular flexibility index (Phi) is 6.23. The molecule has 3 aromatic carbocycles. The number of benzene rings is 3. The molecule has 0 bridgehead atoms. The van der Waals surface area contributed by atoms with E-state index >= 15 is 0 Å². The first-order valence-corrected chi connectivity index (χ1v) is 10.7. The quantitative estimate of drug-likeness (QED) is 0.227. The zero-order valence-corrected chi connectivity index (χ0v) is 17.5. The van der Waals surface area contributed by atoms with Gasteiger partial charge in [-0.2, -0.15) is 0 Å². The number of nitrogens with two attached hydrogens (primary N) is 2. The third-order valence-electron chi connectivity index (χ3n) is 4.42. The lowest BCUT2D eigenvalue weighted by Crippen LogP contribution is -2.36. The zero-order valence-electron chi connectivity index (χ0n) is 16.7. The summed E-state index contributed by atoms with van der Waals surface area (Å²) in [4.78, 5) is 12.5. The van der Waals surface area contributed by atoms with Crippen LogP contribution in [-0.2, 0) is 10.0 Å². The van der Waals surface area contributed by atoms with E-state index in [9.17, 15) is 13.2 Å². The lowest BCUT2D eigenvalue weighted by molar-refractivity contribution is 0.230. The highest BCUT2D eigenvalue weighted by atomic mass is 32.2. The van der Waals surface area contributed by atoms with Gasteiger partial charge in [-0.3, -0.25) is 10.8 Å². The van der Waals surface area contributed by atoms with Crippen molar-refractivity contribution in [3.63, 3.8) is 0 Å². The van der Waals surface area contributed by atoms with Gasteiger partial charge in [0.15, 0.2) is 0 Å². The number of sulfonamides is 1. The number of nitrogen functional groups attached to an aromatic ring is 1. The van der Waals surface area contributed by atoms with Crippen molar-refractivity contribution in [3.8, 4) is 11.1 Å². The van der Waals surface area contributed by atoms with Gasteiger partial charge in [-0.05, 0) is 35.9 Å². The zero-order chi connectivity index (χ0) is 22.6. The van der Waals surface area contributed by atoms with Crippen LogP contribution in [0.1, 0.15) is 5.56 Å². The number of hydrazine groups is 1. The molecule has 31 heavy (non-hydrogen) atoms. The van der Waals surface area contributed by atoms with Gasteiger partial charge in [0.1, 0.15) is 5.84 Å². The normalized spacial score (nSPS) is 10.9. The van der Waals surface area contributed by atoms with E-state index in [0.717, 1.165) is 0 Å². The van der Waals surface area contributed by atoms with Crippen LogP contribution in [0.3, 0.4) is 0 Å². The van der Waals surface area contributed by atoms with Gasteiger partial charge in [-0.25, -0.2) is 23.4 Å². The molecule has 2 amide bonds. The van der Waals surface area contributed by atoms with E-state index in [1.165, 1.54) is 11.1 Å². The highest BCUT2D eigenvalue weighted by molar-refractivity contribution is 7.89. The summed E-state index contributed by atoms with van der Waals surface area (Å²) in [7, 11) is -2.32. The van der Waals surface area contributed by atoms with Gasteiger partial charge in [0.25, 0.3) is 0 Å². The molecule has 0 aliphatic heterocycles. The van der Waals surface area contributed by atoms with Crippen LogP contribution < -0.4 is 21.6 Å². The van der Waals surface area contributed by atoms with Crippen LogP contribution in [-0.4, -0.2) is 32.3 Å². The van der Waals surface area contributed by atoms with Gasteiger partial charge in [0, 0.05) is 23.9 Å². The van der Waals surface area contributed by atoms with Crippen molar-refractivity contribution in [1.82, 2.24) is 5.01 Å². The number of nitrogens with zero attached hydrogens (tertiary/aromatic N) is 1. The Balaban J connectivity index is 1.71. The van der Waals surface area contributed by atoms with Gasteiger partial charge in [0.05, 0.1) is 10.6 Å². The van der Waals surface area contributed by atoms with Crippen LogP contribution in [0.4, 0.5) is 16.2 Å². The van der Waals surface area contributed by atoms with Crippen LogP contribution in [0.5, 0.6) is 0 Å². The van der Waals surface area contributed by atoms with Crippen molar-refractivity contribution in [3.05, 3.63) is 78.4 Å². The lowest BCUT2D eigenvalue weighted by atomic mass is 10.1. The molecule has 0 saturated heterocycles. The minimum atomic E-state index is -3.87. The third-order valence-corrected chi connectivity index (χ3v) is 5.38. The molecule has 0 spiro atoms. The highest BCUT2D eigenvalue weighted by Crippen LogP contribution is 2.27. The largest absolute Gasteiger partial charge is 0.384 e. The first-order chi connectivity index (χ1) is 14.6. The molecule has 0 radical (unpaired) electrons. The molecule has 3 rings (SSSR count). The predicted octanol–water partition coefficient (Wildman–Crippen LogP) is 2.78. The number of carbonyl (C=O) groups excluding carboxylic acids is 1. The fraction of sp³-hybridized carbons (Fsp3) is 0.0476. The summed E-state index contributed by atoms with van der Waals surface area (Å²) in [6.07, 6.45) is 0. The minimum absolute atomic E-state index is 0.0310. The van der Waals surface area contributed by atoms with Crippen LogP contribution in [0.15, 0.2) is 77.7 Å². The van der Waals surface area contributed by atoms with E-state index in [1.54, 1.807) is 73.8 Å². The van der Waals surface area contributed by atoms with E-state index in [0.29, 0.717) is 28.1 Å². The number of carbonyl (C=O) groups is 1. The van der Waals surface area contributed by atoms with Gasteiger partial charge in [0.2, 0.25) is 10.0 Å². The Hall–Kier alpha value is -3.89. The van der Waals surface area contributed by atoms with Crippen molar-refractivity contribution in [2.75, 3.05) is 17.8 Å². The van der Waals surface area contributed by atoms with E-state index in [-0.39, 0.29) is 10.7 Å². The Labute approximate surface area is 180 Å². The van der Waals surface area contributed by atoms with Crippen molar-refractivity contribution >= 4 is 33.3 Å². The lowest BCUT2D eigenvalue weighted by Gasteiger charge is -2.20. The summed E-state index contributed by atoms with van der Waals surface area (Å²) in [5, 5.41) is 16.8. The molecular formula is C21H22N6O3S. The van der Waals surface area contributed by atoms with Crippen LogP contribution in [0.25, 0.3) is 11.1 Å². The molecule has 0 heterocycles. The van der Waals surface area contributed by atoms with Gasteiger partial charge >= 0.3 is 6.03 Å². The Morgan fingerprint density at radius 1 is 0.968 bits per heavy atom. The molecule has 3 aromatic rings. The van der Waals surface area contributed by atoms with E-state index in [2.05, 4.69) is 10.7 Å².